The summed E-state index contributed by atoms with van der Waals surface area (Å²) in [5.74, 6) is 0. The van der Waals surface area contributed by atoms with Crippen LogP contribution in [0.1, 0.15) is 28.3 Å². The van der Waals surface area contributed by atoms with E-state index in [-0.39, 0.29) is 0 Å². The highest BCUT2D eigenvalue weighted by molar-refractivity contribution is 5.38. The summed E-state index contributed by atoms with van der Waals surface area (Å²) in [5.41, 5.74) is 5.50. The lowest BCUT2D eigenvalue weighted by molar-refractivity contribution is 0.555. The second-order valence-corrected chi connectivity index (χ2v) is 4.19. The molecule has 2 N–H and O–H groups in total. The maximum atomic E-state index is 3.34. The molecule has 0 fully saturated rings. The van der Waals surface area contributed by atoms with Crippen LogP contribution in [0, 0.1) is 20.8 Å². The molecule has 15 heavy (non-hydrogen) atoms. The number of hydrogen-bond acceptors (Lipinski definition) is 2. The molecule has 2 heteroatoms. The summed E-state index contributed by atoms with van der Waals surface area (Å²) in [5, 5.41) is 6.56. The maximum Gasteiger partial charge on any atom is 0.0446 e. The van der Waals surface area contributed by atoms with Crippen LogP contribution in [0.3, 0.4) is 0 Å². The molecule has 1 unspecified atom stereocenters. The minimum absolute atomic E-state index is 0.397. The van der Waals surface area contributed by atoms with Gasteiger partial charge in [-0.3, -0.25) is 0 Å². The number of nitrogens with one attached hydrogen (secondary N) is 2. The summed E-state index contributed by atoms with van der Waals surface area (Å²) in [6.45, 7) is 7.48. The normalized spacial score (nSPS) is 12.9. The molecule has 0 radical (unpaired) electrons. The van der Waals surface area contributed by atoms with Crippen molar-refractivity contribution in [3.8, 4) is 0 Å². The van der Waals surface area contributed by atoms with Crippen LogP contribution < -0.4 is 10.6 Å². The Morgan fingerprint density at radius 1 is 1.00 bits per heavy atom. The molecule has 0 aliphatic rings. The Labute approximate surface area is 93.1 Å². The third-order valence-electron chi connectivity index (χ3n) is 3.01. The summed E-state index contributed by atoms with van der Waals surface area (Å²) in [6, 6.07) is 4.96. The van der Waals surface area contributed by atoms with Gasteiger partial charge in [0, 0.05) is 12.6 Å². The summed E-state index contributed by atoms with van der Waals surface area (Å²) in [4.78, 5) is 0. The summed E-state index contributed by atoms with van der Waals surface area (Å²) in [6.07, 6.45) is 0. The predicted octanol–water partition coefficient (Wildman–Crippen LogP) is 2.09. The van der Waals surface area contributed by atoms with Crippen molar-refractivity contribution < 1.29 is 0 Å². The van der Waals surface area contributed by atoms with Crippen molar-refractivity contribution in [2.75, 3.05) is 20.6 Å². The molecule has 1 rings (SSSR count). The van der Waals surface area contributed by atoms with Gasteiger partial charge in [0.15, 0.2) is 0 Å². The SMILES string of the molecule is CNCC(NC)c1cc(C)c(C)cc1C. The molecule has 0 heterocycles. The number of hydrogen-bond donors (Lipinski definition) is 2. The zero-order valence-electron chi connectivity index (χ0n) is 10.4. The van der Waals surface area contributed by atoms with Crippen molar-refractivity contribution in [3.05, 3.63) is 34.4 Å². The number of aryl methyl sites for hydroxylation is 3. The van der Waals surface area contributed by atoms with E-state index in [1.165, 1.54) is 22.3 Å². The van der Waals surface area contributed by atoms with Crippen molar-refractivity contribution in [2.45, 2.75) is 26.8 Å². The van der Waals surface area contributed by atoms with Gasteiger partial charge in [0.05, 0.1) is 0 Å². The first-order valence-corrected chi connectivity index (χ1v) is 5.49. The van der Waals surface area contributed by atoms with Gasteiger partial charge in [-0.2, -0.15) is 0 Å². The first-order valence-electron chi connectivity index (χ1n) is 5.49. The maximum absolute atomic E-state index is 3.34. The lowest BCUT2D eigenvalue weighted by atomic mass is 9.96. The molecule has 0 saturated carbocycles. The van der Waals surface area contributed by atoms with E-state index in [4.69, 9.17) is 0 Å². The van der Waals surface area contributed by atoms with E-state index in [1.807, 2.05) is 14.1 Å². The fraction of sp³-hybridized carbons (Fsp3) is 0.538. The van der Waals surface area contributed by atoms with Crippen LogP contribution in [0.15, 0.2) is 12.1 Å². The van der Waals surface area contributed by atoms with E-state index in [2.05, 4.69) is 43.5 Å². The zero-order chi connectivity index (χ0) is 11.4. The van der Waals surface area contributed by atoms with Crippen molar-refractivity contribution in [3.63, 3.8) is 0 Å². The minimum atomic E-state index is 0.397. The molecule has 1 aromatic carbocycles. The van der Waals surface area contributed by atoms with Gasteiger partial charge < -0.3 is 10.6 Å². The van der Waals surface area contributed by atoms with E-state index >= 15 is 0 Å². The molecule has 0 aliphatic carbocycles. The average molecular weight is 206 g/mol. The van der Waals surface area contributed by atoms with Crippen LogP contribution in [-0.4, -0.2) is 20.6 Å². The molecule has 0 saturated heterocycles. The molecular formula is C13H22N2. The molecule has 1 aromatic rings. The number of benzene rings is 1. The van der Waals surface area contributed by atoms with Gasteiger partial charge in [-0.25, -0.2) is 0 Å². The summed E-state index contributed by atoms with van der Waals surface area (Å²) in [7, 11) is 4.00. The third-order valence-corrected chi connectivity index (χ3v) is 3.01. The van der Waals surface area contributed by atoms with Gasteiger partial charge in [0.2, 0.25) is 0 Å². The zero-order valence-corrected chi connectivity index (χ0v) is 10.4. The Morgan fingerprint density at radius 2 is 1.60 bits per heavy atom. The van der Waals surface area contributed by atoms with Gasteiger partial charge in [-0.15, -0.1) is 0 Å². The molecule has 2 nitrogen and oxygen atoms in total. The topological polar surface area (TPSA) is 24.1 Å². The molecule has 0 amide bonds. The lowest BCUT2D eigenvalue weighted by Gasteiger charge is -2.20. The molecule has 1 atom stereocenters. The van der Waals surface area contributed by atoms with Crippen LogP contribution >= 0.6 is 0 Å². The first kappa shape index (κ1) is 12.2. The smallest absolute Gasteiger partial charge is 0.0446 e. The lowest BCUT2D eigenvalue weighted by Crippen LogP contribution is -2.28. The fourth-order valence-corrected chi connectivity index (χ4v) is 1.93. The highest BCUT2D eigenvalue weighted by Gasteiger charge is 2.11. The average Bonchev–Trinajstić information content (AvgIpc) is 2.20. The molecule has 84 valence electrons. The van der Waals surface area contributed by atoms with Crippen LogP contribution in [0.4, 0.5) is 0 Å². The number of rotatable bonds is 4. The van der Waals surface area contributed by atoms with Gasteiger partial charge in [-0.1, -0.05) is 12.1 Å². The second-order valence-electron chi connectivity index (χ2n) is 4.19. The van der Waals surface area contributed by atoms with Gasteiger partial charge in [-0.05, 0) is 57.1 Å². The number of likely N-dealkylation sites (N-methyl/N-ethyl adjacent to an activating group) is 2. The van der Waals surface area contributed by atoms with E-state index in [0.29, 0.717) is 6.04 Å². The van der Waals surface area contributed by atoms with Gasteiger partial charge >= 0.3 is 0 Å². The van der Waals surface area contributed by atoms with Crippen LogP contribution in [-0.2, 0) is 0 Å². The van der Waals surface area contributed by atoms with E-state index in [1.54, 1.807) is 0 Å². The van der Waals surface area contributed by atoms with Crippen molar-refractivity contribution >= 4 is 0 Å². The monoisotopic (exact) mass is 206 g/mol. The van der Waals surface area contributed by atoms with Gasteiger partial charge in [0.25, 0.3) is 0 Å². The van der Waals surface area contributed by atoms with Crippen molar-refractivity contribution in [2.24, 2.45) is 0 Å². The Morgan fingerprint density at radius 3 is 2.13 bits per heavy atom. The quantitative estimate of drug-likeness (QED) is 0.788. The van der Waals surface area contributed by atoms with E-state index in [9.17, 15) is 0 Å². The van der Waals surface area contributed by atoms with Crippen molar-refractivity contribution in [1.29, 1.82) is 0 Å². The standard InChI is InChI=1S/C13H22N2/c1-9-6-11(3)12(7-10(9)2)13(15-5)8-14-4/h6-7,13-15H,8H2,1-5H3. The highest BCUT2D eigenvalue weighted by atomic mass is 14.9. The Hall–Kier alpha value is -0.860. The van der Waals surface area contributed by atoms with Crippen LogP contribution in [0.25, 0.3) is 0 Å². The van der Waals surface area contributed by atoms with E-state index in [0.717, 1.165) is 6.54 Å². The fourth-order valence-electron chi connectivity index (χ4n) is 1.93. The Kier molecular flexibility index (Phi) is 4.30. The van der Waals surface area contributed by atoms with E-state index < -0.39 is 0 Å². The van der Waals surface area contributed by atoms with Gasteiger partial charge in [0.1, 0.15) is 0 Å². The summed E-state index contributed by atoms with van der Waals surface area (Å²) >= 11 is 0. The summed E-state index contributed by atoms with van der Waals surface area (Å²) < 4.78 is 0. The largest absolute Gasteiger partial charge is 0.318 e. The Balaban J connectivity index is 3.06. The molecule has 0 bridgehead atoms. The molecule has 0 aromatic heterocycles. The third kappa shape index (κ3) is 2.80. The highest BCUT2D eigenvalue weighted by Crippen LogP contribution is 2.21. The van der Waals surface area contributed by atoms with Crippen LogP contribution in [0.2, 0.25) is 0 Å². The molecular weight excluding hydrogens is 184 g/mol. The Bertz CT molecular complexity index is 332. The second kappa shape index (κ2) is 5.29. The van der Waals surface area contributed by atoms with Crippen LogP contribution in [0.5, 0.6) is 0 Å². The minimum Gasteiger partial charge on any atom is -0.318 e. The predicted molar refractivity (Wildman–Crippen MR) is 66.4 cm³/mol. The first-order chi connectivity index (χ1) is 7.10. The molecule has 0 aliphatic heterocycles. The van der Waals surface area contributed by atoms with Crippen molar-refractivity contribution in [1.82, 2.24) is 10.6 Å². The molecule has 0 spiro atoms.